The smallest absolute Gasteiger partial charge is 0.0488 e. The first-order valence-electron chi connectivity index (χ1n) is 6.93. The molecule has 1 aliphatic heterocycles. The average Bonchev–Trinajstić information content (AvgIpc) is 2.36. The molecule has 0 spiro atoms. The maximum atomic E-state index is 6.34. The number of rotatable bonds is 3. The lowest BCUT2D eigenvalue weighted by molar-refractivity contribution is 0.0799. The highest BCUT2D eigenvalue weighted by molar-refractivity contribution is 6.35. The highest BCUT2D eigenvalue weighted by atomic mass is 35.5. The van der Waals surface area contributed by atoms with Crippen LogP contribution in [0.5, 0.6) is 0 Å². The summed E-state index contributed by atoms with van der Waals surface area (Å²) < 4.78 is 0. The van der Waals surface area contributed by atoms with Crippen LogP contribution in [-0.2, 0) is 0 Å². The van der Waals surface area contributed by atoms with Crippen LogP contribution in [0.1, 0.15) is 38.3 Å². The van der Waals surface area contributed by atoms with Crippen LogP contribution >= 0.6 is 23.2 Å². The molecule has 0 radical (unpaired) electrons. The minimum absolute atomic E-state index is 0.183. The molecule has 19 heavy (non-hydrogen) atoms. The molecular formula is C15H22Cl2N2. The van der Waals surface area contributed by atoms with E-state index >= 15 is 0 Å². The van der Waals surface area contributed by atoms with Gasteiger partial charge in [0.05, 0.1) is 0 Å². The zero-order valence-electron chi connectivity index (χ0n) is 11.6. The van der Waals surface area contributed by atoms with Gasteiger partial charge >= 0.3 is 0 Å². The molecule has 1 saturated heterocycles. The van der Waals surface area contributed by atoms with E-state index in [1.54, 1.807) is 6.07 Å². The first-order chi connectivity index (χ1) is 9.02. The van der Waals surface area contributed by atoms with Crippen LogP contribution in [0.25, 0.3) is 0 Å². The average molecular weight is 301 g/mol. The lowest BCUT2D eigenvalue weighted by Gasteiger charge is -2.42. The summed E-state index contributed by atoms with van der Waals surface area (Å²) in [6.45, 7) is 6.24. The first-order valence-corrected chi connectivity index (χ1v) is 7.69. The number of hydrogen-bond donors (Lipinski definition) is 1. The van der Waals surface area contributed by atoms with Crippen molar-refractivity contribution in [1.82, 2.24) is 4.90 Å². The highest BCUT2D eigenvalue weighted by Crippen LogP contribution is 2.34. The van der Waals surface area contributed by atoms with E-state index in [1.165, 1.54) is 12.8 Å². The number of halogens is 2. The summed E-state index contributed by atoms with van der Waals surface area (Å²) in [5, 5.41) is 1.39. The van der Waals surface area contributed by atoms with Crippen molar-refractivity contribution in [2.45, 2.75) is 38.8 Å². The lowest BCUT2D eigenvalue weighted by Crippen LogP contribution is -2.45. The van der Waals surface area contributed by atoms with Gasteiger partial charge in [-0.05, 0) is 43.4 Å². The van der Waals surface area contributed by atoms with E-state index in [-0.39, 0.29) is 6.04 Å². The van der Waals surface area contributed by atoms with Crippen molar-refractivity contribution in [3.05, 3.63) is 33.8 Å². The Morgan fingerprint density at radius 2 is 2.05 bits per heavy atom. The van der Waals surface area contributed by atoms with Crippen molar-refractivity contribution < 1.29 is 0 Å². The first kappa shape index (κ1) is 15.1. The van der Waals surface area contributed by atoms with Gasteiger partial charge < -0.3 is 5.73 Å². The van der Waals surface area contributed by atoms with Crippen LogP contribution in [0.2, 0.25) is 10.0 Å². The molecule has 1 aromatic carbocycles. The van der Waals surface area contributed by atoms with Gasteiger partial charge in [0, 0.05) is 35.2 Å². The number of benzene rings is 1. The van der Waals surface area contributed by atoms with E-state index in [1.807, 2.05) is 12.1 Å². The van der Waals surface area contributed by atoms with E-state index in [0.717, 1.165) is 18.0 Å². The Hall–Kier alpha value is -0.280. The lowest BCUT2D eigenvalue weighted by atomic mass is 9.91. The molecule has 2 rings (SSSR count). The van der Waals surface area contributed by atoms with Crippen LogP contribution in [0, 0.1) is 5.92 Å². The zero-order chi connectivity index (χ0) is 14.0. The third-order valence-electron chi connectivity index (χ3n) is 4.11. The largest absolute Gasteiger partial charge is 0.329 e. The van der Waals surface area contributed by atoms with E-state index < -0.39 is 0 Å². The van der Waals surface area contributed by atoms with Crippen LogP contribution in [0.3, 0.4) is 0 Å². The topological polar surface area (TPSA) is 29.3 Å². The Labute approximate surface area is 125 Å². The van der Waals surface area contributed by atoms with Crippen LogP contribution in [0.15, 0.2) is 18.2 Å². The molecule has 1 aliphatic rings. The Kier molecular flexibility index (Phi) is 5.13. The van der Waals surface area contributed by atoms with E-state index in [4.69, 9.17) is 28.9 Å². The van der Waals surface area contributed by atoms with E-state index in [9.17, 15) is 0 Å². The molecule has 2 N–H and O–H groups in total. The standard InChI is InChI=1S/C15H22Cl2N2/c1-10-3-4-11(2)19(9-10)15(8-18)13-6-5-12(16)7-14(13)17/h5-7,10-11,15H,3-4,8-9,18H2,1-2H3. The molecule has 4 heteroatoms. The molecule has 1 heterocycles. The molecular weight excluding hydrogens is 279 g/mol. The van der Waals surface area contributed by atoms with Gasteiger partial charge in [0.1, 0.15) is 0 Å². The molecule has 0 aromatic heterocycles. The predicted molar refractivity (Wildman–Crippen MR) is 82.8 cm³/mol. The normalized spacial score (nSPS) is 26.4. The van der Waals surface area contributed by atoms with Gasteiger partial charge in [-0.1, -0.05) is 36.2 Å². The number of likely N-dealkylation sites (tertiary alicyclic amines) is 1. The van der Waals surface area contributed by atoms with Crippen molar-refractivity contribution in [1.29, 1.82) is 0 Å². The van der Waals surface area contributed by atoms with Gasteiger partial charge in [0.2, 0.25) is 0 Å². The summed E-state index contributed by atoms with van der Waals surface area (Å²) in [4.78, 5) is 2.49. The molecule has 2 nitrogen and oxygen atoms in total. The number of nitrogens with zero attached hydrogens (tertiary/aromatic N) is 1. The van der Waals surface area contributed by atoms with Crippen molar-refractivity contribution in [3.8, 4) is 0 Å². The third kappa shape index (κ3) is 3.43. The molecule has 0 amide bonds. The zero-order valence-corrected chi connectivity index (χ0v) is 13.1. The van der Waals surface area contributed by atoms with E-state index in [2.05, 4.69) is 18.7 Å². The Morgan fingerprint density at radius 1 is 1.32 bits per heavy atom. The molecule has 3 atom stereocenters. The minimum Gasteiger partial charge on any atom is -0.329 e. The second kappa shape index (κ2) is 6.45. The van der Waals surface area contributed by atoms with Crippen LogP contribution in [-0.4, -0.2) is 24.0 Å². The SMILES string of the molecule is CC1CCC(C)N(C(CN)c2ccc(Cl)cc2Cl)C1. The highest BCUT2D eigenvalue weighted by Gasteiger charge is 2.30. The van der Waals surface area contributed by atoms with Gasteiger partial charge in [-0.3, -0.25) is 4.90 Å². The van der Waals surface area contributed by atoms with Crippen LogP contribution in [0.4, 0.5) is 0 Å². The van der Waals surface area contributed by atoms with Crippen molar-refractivity contribution in [2.24, 2.45) is 11.7 Å². The number of nitrogens with two attached hydrogens (primary N) is 1. The summed E-state index contributed by atoms with van der Waals surface area (Å²) in [6, 6.07) is 6.44. The van der Waals surface area contributed by atoms with Gasteiger partial charge in [-0.15, -0.1) is 0 Å². The molecule has 0 aliphatic carbocycles. The molecule has 106 valence electrons. The third-order valence-corrected chi connectivity index (χ3v) is 4.67. The number of hydrogen-bond acceptors (Lipinski definition) is 2. The van der Waals surface area contributed by atoms with Crippen molar-refractivity contribution >= 4 is 23.2 Å². The monoisotopic (exact) mass is 300 g/mol. The quantitative estimate of drug-likeness (QED) is 0.910. The molecule has 0 bridgehead atoms. The van der Waals surface area contributed by atoms with Crippen LogP contribution < -0.4 is 5.73 Å². The molecule has 1 fully saturated rings. The Bertz CT molecular complexity index is 436. The Morgan fingerprint density at radius 3 is 2.68 bits per heavy atom. The fourth-order valence-electron chi connectivity index (χ4n) is 2.97. The van der Waals surface area contributed by atoms with Crippen molar-refractivity contribution in [2.75, 3.05) is 13.1 Å². The maximum Gasteiger partial charge on any atom is 0.0488 e. The summed E-state index contributed by atoms with van der Waals surface area (Å²) >= 11 is 12.3. The second-order valence-electron chi connectivity index (χ2n) is 5.65. The van der Waals surface area contributed by atoms with E-state index in [0.29, 0.717) is 22.6 Å². The summed E-state index contributed by atoms with van der Waals surface area (Å²) in [7, 11) is 0. The van der Waals surface area contributed by atoms with Gasteiger partial charge in [-0.2, -0.15) is 0 Å². The minimum atomic E-state index is 0.183. The predicted octanol–water partition coefficient (Wildman–Crippen LogP) is 4.11. The molecule has 3 unspecified atom stereocenters. The summed E-state index contributed by atoms with van der Waals surface area (Å²) in [5.41, 5.74) is 7.11. The van der Waals surface area contributed by atoms with Crippen molar-refractivity contribution in [3.63, 3.8) is 0 Å². The fourth-order valence-corrected chi connectivity index (χ4v) is 3.50. The summed E-state index contributed by atoms with van der Waals surface area (Å²) in [6.07, 6.45) is 2.52. The Balaban J connectivity index is 2.27. The van der Waals surface area contributed by atoms with Gasteiger partial charge in [-0.25, -0.2) is 0 Å². The van der Waals surface area contributed by atoms with Gasteiger partial charge in [0.25, 0.3) is 0 Å². The fraction of sp³-hybridized carbons (Fsp3) is 0.600. The molecule has 0 saturated carbocycles. The number of piperidine rings is 1. The summed E-state index contributed by atoms with van der Waals surface area (Å²) in [5.74, 6) is 0.719. The maximum absolute atomic E-state index is 6.34. The molecule has 1 aromatic rings. The van der Waals surface area contributed by atoms with Gasteiger partial charge in [0.15, 0.2) is 0 Å². The second-order valence-corrected chi connectivity index (χ2v) is 6.49.